The number of benzene rings is 1. The van der Waals surface area contributed by atoms with Crippen molar-refractivity contribution in [2.75, 3.05) is 26.2 Å². The van der Waals surface area contributed by atoms with Gasteiger partial charge < -0.3 is 4.90 Å². The molecule has 2 heterocycles. The maximum atomic E-state index is 13.0. The van der Waals surface area contributed by atoms with Gasteiger partial charge in [0, 0.05) is 45.3 Å². The molecule has 7 nitrogen and oxygen atoms in total. The summed E-state index contributed by atoms with van der Waals surface area (Å²) >= 11 is 5.91. The number of alkyl halides is 3. The third kappa shape index (κ3) is 4.31. The molecule has 168 valence electrons. The molecule has 1 saturated carbocycles. The van der Waals surface area contributed by atoms with Crippen molar-refractivity contribution in [2.45, 2.75) is 23.4 Å². The van der Waals surface area contributed by atoms with Crippen LogP contribution in [0.1, 0.15) is 23.5 Å². The number of hydrogen-bond donors (Lipinski definition) is 0. The Balaban J connectivity index is 1.42. The first-order valence-electron chi connectivity index (χ1n) is 9.62. The molecule has 0 spiro atoms. The lowest BCUT2D eigenvalue weighted by Gasteiger charge is -2.34. The van der Waals surface area contributed by atoms with Gasteiger partial charge in [0.25, 0.3) is 0 Å². The SMILES string of the molecule is Cn1cc(C2CC2C(=O)N2CCN(S(=O)(=O)c3cc(C(F)(F)F)ccc3Cl)CC2)cn1. The fourth-order valence-corrected chi connectivity index (χ4v) is 5.79. The van der Waals surface area contributed by atoms with Crippen molar-refractivity contribution in [3.8, 4) is 0 Å². The zero-order valence-electron chi connectivity index (χ0n) is 16.5. The highest BCUT2D eigenvalue weighted by molar-refractivity contribution is 7.89. The molecule has 2 atom stereocenters. The lowest BCUT2D eigenvalue weighted by Crippen LogP contribution is -2.51. The van der Waals surface area contributed by atoms with Crippen LogP contribution in [0.3, 0.4) is 0 Å². The van der Waals surface area contributed by atoms with Crippen LogP contribution in [0.2, 0.25) is 5.02 Å². The number of carbonyl (C=O) groups excluding carboxylic acids is 1. The maximum Gasteiger partial charge on any atom is 0.416 e. The highest BCUT2D eigenvalue weighted by Crippen LogP contribution is 2.48. The van der Waals surface area contributed by atoms with Crippen molar-refractivity contribution in [1.29, 1.82) is 0 Å². The molecule has 0 radical (unpaired) electrons. The van der Waals surface area contributed by atoms with Crippen LogP contribution in [0, 0.1) is 5.92 Å². The van der Waals surface area contributed by atoms with E-state index in [0.717, 1.165) is 28.4 Å². The average molecular weight is 477 g/mol. The van der Waals surface area contributed by atoms with Gasteiger partial charge in [-0.25, -0.2) is 8.42 Å². The number of halogens is 4. The zero-order chi connectivity index (χ0) is 22.6. The van der Waals surface area contributed by atoms with E-state index < -0.39 is 26.7 Å². The highest BCUT2D eigenvalue weighted by Gasteiger charge is 2.47. The summed E-state index contributed by atoms with van der Waals surface area (Å²) in [6.45, 7) is 0.325. The molecule has 1 aromatic carbocycles. The van der Waals surface area contributed by atoms with Crippen LogP contribution in [0.15, 0.2) is 35.5 Å². The van der Waals surface area contributed by atoms with E-state index in [1.165, 1.54) is 0 Å². The fraction of sp³-hybridized carbons (Fsp3) is 0.474. The number of nitrogens with zero attached hydrogens (tertiary/aromatic N) is 4. The van der Waals surface area contributed by atoms with E-state index in [-0.39, 0.29) is 48.9 Å². The van der Waals surface area contributed by atoms with Gasteiger partial charge in [0.1, 0.15) is 4.90 Å². The Morgan fingerprint density at radius 1 is 1.19 bits per heavy atom. The van der Waals surface area contributed by atoms with E-state index in [1.54, 1.807) is 22.8 Å². The maximum absolute atomic E-state index is 13.0. The molecule has 0 bridgehead atoms. The van der Waals surface area contributed by atoms with Crippen molar-refractivity contribution >= 4 is 27.5 Å². The minimum absolute atomic E-state index is 0.00900. The Morgan fingerprint density at radius 3 is 2.45 bits per heavy atom. The number of carbonyl (C=O) groups is 1. The predicted molar refractivity (Wildman–Crippen MR) is 106 cm³/mol. The van der Waals surface area contributed by atoms with Gasteiger partial charge in [-0.05, 0) is 36.1 Å². The summed E-state index contributed by atoms with van der Waals surface area (Å²) in [4.78, 5) is 13.8. The summed E-state index contributed by atoms with van der Waals surface area (Å²) in [6.07, 6.45) is -0.347. The molecule has 31 heavy (non-hydrogen) atoms. The second-order valence-electron chi connectivity index (χ2n) is 7.77. The molecule has 2 aromatic rings. The zero-order valence-corrected chi connectivity index (χ0v) is 18.1. The second-order valence-corrected chi connectivity index (χ2v) is 10.1. The number of amides is 1. The van der Waals surface area contributed by atoms with Gasteiger partial charge in [0.05, 0.1) is 16.8 Å². The lowest BCUT2D eigenvalue weighted by molar-refractivity contribution is -0.137. The van der Waals surface area contributed by atoms with Gasteiger partial charge in [-0.3, -0.25) is 9.48 Å². The van der Waals surface area contributed by atoms with Crippen LogP contribution >= 0.6 is 11.6 Å². The van der Waals surface area contributed by atoms with Gasteiger partial charge in [-0.2, -0.15) is 22.6 Å². The van der Waals surface area contributed by atoms with Crippen LogP contribution in [0.5, 0.6) is 0 Å². The molecule has 1 aliphatic carbocycles. The number of aromatic nitrogens is 2. The number of sulfonamides is 1. The molecule has 2 fully saturated rings. The lowest BCUT2D eigenvalue weighted by atomic mass is 10.2. The van der Waals surface area contributed by atoms with Crippen molar-refractivity contribution in [1.82, 2.24) is 19.0 Å². The minimum Gasteiger partial charge on any atom is -0.340 e. The molecule has 2 unspecified atom stereocenters. The molecule has 0 N–H and O–H groups in total. The van der Waals surface area contributed by atoms with E-state index in [0.29, 0.717) is 6.07 Å². The summed E-state index contributed by atoms with van der Waals surface area (Å²) in [5.74, 6) is -0.0693. The molecule has 1 aromatic heterocycles. The fourth-order valence-electron chi connectivity index (χ4n) is 3.87. The van der Waals surface area contributed by atoms with Crippen LogP contribution < -0.4 is 0 Å². The molecule has 4 rings (SSSR count). The largest absolute Gasteiger partial charge is 0.416 e. The number of hydrogen-bond acceptors (Lipinski definition) is 4. The van der Waals surface area contributed by atoms with E-state index in [2.05, 4.69) is 5.10 Å². The van der Waals surface area contributed by atoms with Crippen LogP contribution in [0.25, 0.3) is 0 Å². The summed E-state index contributed by atoms with van der Waals surface area (Å²) < 4.78 is 67.6. The summed E-state index contributed by atoms with van der Waals surface area (Å²) in [7, 11) is -2.42. The Morgan fingerprint density at radius 2 is 1.87 bits per heavy atom. The predicted octanol–water partition coefficient (Wildman–Crippen LogP) is 2.73. The summed E-state index contributed by atoms with van der Waals surface area (Å²) in [5.41, 5.74) is -0.0827. The van der Waals surface area contributed by atoms with Gasteiger partial charge in [-0.15, -0.1) is 0 Å². The van der Waals surface area contributed by atoms with E-state index in [4.69, 9.17) is 11.6 Å². The van der Waals surface area contributed by atoms with Crippen molar-refractivity contribution in [2.24, 2.45) is 13.0 Å². The van der Waals surface area contributed by atoms with Crippen LogP contribution in [-0.2, 0) is 28.0 Å². The number of piperazine rings is 1. The van der Waals surface area contributed by atoms with E-state index in [9.17, 15) is 26.4 Å². The first-order valence-corrected chi connectivity index (χ1v) is 11.4. The standard InChI is InChI=1S/C19H20ClF3N4O3S/c1-25-11-12(10-24-25)14-9-15(14)18(28)26-4-6-27(7-5-26)31(29,30)17-8-13(19(21,22)23)2-3-16(17)20/h2-3,8,10-11,14-15H,4-7,9H2,1H3. The van der Waals surface area contributed by atoms with Crippen LogP contribution in [-0.4, -0.2) is 59.5 Å². The number of rotatable bonds is 4. The second kappa shape index (κ2) is 7.79. The van der Waals surface area contributed by atoms with E-state index in [1.807, 2.05) is 6.20 Å². The molecule has 1 aliphatic heterocycles. The van der Waals surface area contributed by atoms with Gasteiger partial charge in [0.15, 0.2) is 0 Å². The molecule has 1 saturated heterocycles. The Kier molecular flexibility index (Phi) is 5.55. The number of aryl methyl sites for hydroxylation is 1. The Labute approximate surface area is 182 Å². The third-order valence-corrected chi connectivity index (χ3v) is 8.07. The Hall–Kier alpha value is -2.11. The van der Waals surface area contributed by atoms with Gasteiger partial charge >= 0.3 is 6.18 Å². The van der Waals surface area contributed by atoms with Gasteiger partial charge in [0.2, 0.25) is 15.9 Å². The van der Waals surface area contributed by atoms with Crippen molar-refractivity contribution in [3.05, 3.63) is 46.7 Å². The normalized spacial score (nSPS) is 22.5. The monoisotopic (exact) mass is 476 g/mol. The average Bonchev–Trinajstić information content (AvgIpc) is 3.40. The topological polar surface area (TPSA) is 75.5 Å². The van der Waals surface area contributed by atoms with Crippen molar-refractivity contribution in [3.63, 3.8) is 0 Å². The van der Waals surface area contributed by atoms with E-state index >= 15 is 0 Å². The smallest absolute Gasteiger partial charge is 0.340 e. The van der Waals surface area contributed by atoms with Crippen molar-refractivity contribution < 1.29 is 26.4 Å². The summed E-state index contributed by atoms with van der Waals surface area (Å²) in [6, 6.07) is 2.23. The van der Waals surface area contributed by atoms with Gasteiger partial charge in [-0.1, -0.05) is 11.6 Å². The molecular formula is C19H20ClF3N4O3S. The molecular weight excluding hydrogens is 457 g/mol. The van der Waals surface area contributed by atoms with Crippen LogP contribution in [0.4, 0.5) is 13.2 Å². The molecule has 2 aliphatic rings. The summed E-state index contributed by atoms with van der Waals surface area (Å²) in [5, 5.41) is 3.84. The quantitative estimate of drug-likeness (QED) is 0.680. The third-order valence-electron chi connectivity index (χ3n) is 5.69. The first kappa shape index (κ1) is 22.1. The first-order chi connectivity index (χ1) is 14.5. The molecule has 12 heteroatoms. The Bertz CT molecular complexity index is 1110. The molecule has 1 amide bonds. The highest BCUT2D eigenvalue weighted by atomic mass is 35.5. The minimum atomic E-state index is -4.69.